The number of methoxy groups -OCH3 is 1. The number of esters is 1. The Morgan fingerprint density at radius 2 is 1.55 bits per heavy atom. The summed E-state index contributed by atoms with van der Waals surface area (Å²) in [4.78, 5) is 42.1. The fourth-order valence-corrected chi connectivity index (χ4v) is 3.21. The first kappa shape index (κ1) is 20.0. The van der Waals surface area contributed by atoms with Gasteiger partial charge in [-0.2, -0.15) is 0 Å². The number of nitrogens with zero attached hydrogens (tertiary/aromatic N) is 2. The van der Waals surface area contributed by atoms with E-state index in [0.717, 1.165) is 16.0 Å². The second-order valence-electron chi connectivity index (χ2n) is 6.74. The lowest BCUT2D eigenvalue weighted by molar-refractivity contribution is -0.134. The van der Waals surface area contributed by atoms with Crippen molar-refractivity contribution in [1.29, 1.82) is 0 Å². The van der Waals surface area contributed by atoms with Crippen LogP contribution in [-0.2, 0) is 4.79 Å². The van der Waals surface area contributed by atoms with Crippen molar-refractivity contribution < 1.29 is 23.9 Å². The number of hydrogen-bond acceptors (Lipinski definition) is 6. The Bertz CT molecular complexity index is 1150. The minimum atomic E-state index is -0.743. The smallest absolute Gasteiger partial charge is 0.331 e. The first-order valence-electron chi connectivity index (χ1n) is 9.49. The van der Waals surface area contributed by atoms with Crippen LogP contribution in [-0.4, -0.2) is 41.3 Å². The summed E-state index contributed by atoms with van der Waals surface area (Å²) in [6.45, 7) is -0.487. The van der Waals surface area contributed by atoms with Crippen molar-refractivity contribution in [3.63, 3.8) is 0 Å². The Kier molecular flexibility index (Phi) is 5.57. The van der Waals surface area contributed by atoms with E-state index in [-0.39, 0.29) is 16.9 Å². The van der Waals surface area contributed by atoms with Crippen LogP contribution in [0.4, 0.5) is 0 Å². The molecule has 0 saturated carbocycles. The van der Waals surface area contributed by atoms with Crippen molar-refractivity contribution in [2.24, 2.45) is 0 Å². The first-order valence-corrected chi connectivity index (χ1v) is 9.49. The van der Waals surface area contributed by atoms with Gasteiger partial charge in [0.25, 0.3) is 11.8 Å². The molecule has 7 heteroatoms. The van der Waals surface area contributed by atoms with E-state index in [0.29, 0.717) is 5.75 Å². The zero-order valence-electron chi connectivity index (χ0n) is 16.6. The quantitative estimate of drug-likeness (QED) is 0.349. The number of carbonyl (C=O) groups is 3. The molecule has 2 heterocycles. The summed E-state index contributed by atoms with van der Waals surface area (Å²) in [6, 6.07) is 15.3. The third-order valence-electron chi connectivity index (χ3n) is 4.75. The van der Waals surface area contributed by atoms with E-state index in [9.17, 15) is 14.4 Å². The number of rotatable bonds is 6. The van der Waals surface area contributed by atoms with Gasteiger partial charge in [0.05, 0.1) is 18.2 Å². The molecular formula is C24H18N2O5. The molecule has 31 heavy (non-hydrogen) atoms. The summed E-state index contributed by atoms with van der Waals surface area (Å²) in [5.74, 6) is -1.21. The summed E-state index contributed by atoms with van der Waals surface area (Å²) in [7, 11) is 1.47. The molecule has 0 fully saturated rings. The molecule has 1 aliphatic rings. The number of carbonyl (C=O) groups excluding carboxylic acids is 3. The fraction of sp³-hybridized carbons (Fsp3) is 0.0833. The molecule has 2 amide bonds. The van der Waals surface area contributed by atoms with Crippen LogP contribution in [0.1, 0.15) is 31.8 Å². The molecule has 1 aliphatic heterocycles. The predicted molar refractivity (Wildman–Crippen MR) is 114 cm³/mol. The molecule has 3 aromatic rings. The van der Waals surface area contributed by atoms with Crippen LogP contribution in [0.15, 0.2) is 67.0 Å². The Morgan fingerprint density at radius 3 is 2.19 bits per heavy atom. The molecule has 0 unspecified atom stereocenters. The molecule has 7 nitrogen and oxygen atoms in total. The van der Waals surface area contributed by atoms with E-state index in [2.05, 4.69) is 4.98 Å². The molecular weight excluding hydrogens is 396 g/mol. The number of fused-ring (bicyclic) bond motifs is 1. The number of aromatic nitrogens is 1. The molecule has 0 aliphatic carbocycles. The number of imide groups is 1. The largest absolute Gasteiger partial charge is 0.493 e. The van der Waals surface area contributed by atoms with Gasteiger partial charge in [-0.3, -0.25) is 19.5 Å². The van der Waals surface area contributed by atoms with Crippen molar-refractivity contribution in [2.75, 3.05) is 13.7 Å². The average Bonchev–Trinajstić information content (AvgIpc) is 3.04. The number of hydrogen-bond donors (Lipinski definition) is 0. The second-order valence-corrected chi connectivity index (χ2v) is 6.74. The minimum absolute atomic E-state index is 0.199. The summed E-state index contributed by atoms with van der Waals surface area (Å²) in [5, 5.41) is 0. The van der Waals surface area contributed by atoms with Gasteiger partial charge in [0.15, 0.2) is 11.5 Å². The van der Waals surface area contributed by atoms with Crippen LogP contribution >= 0.6 is 0 Å². The van der Waals surface area contributed by atoms with Crippen LogP contribution in [0.25, 0.3) is 12.2 Å². The van der Waals surface area contributed by atoms with Crippen LogP contribution in [0.3, 0.4) is 0 Å². The van der Waals surface area contributed by atoms with Crippen molar-refractivity contribution in [3.8, 4) is 11.5 Å². The highest BCUT2D eigenvalue weighted by atomic mass is 16.6. The zero-order valence-corrected chi connectivity index (χ0v) is 16.6. The summed E-state index contributed by atoms with van der Waals surface area (Å²) in [6.07, 6.45) is 7.22. The normalized spacial score (nSPS) is 12.9. The molecule has 0 N–H and O–H groups in total. The highest BCUT2D eigenvalue weighted by molar-refractivity contribution is 6.22. The molecule has 2 aromatic carbocycles. The van der Waals surface area contributed by atoms with E-state index < -0.39 is 24.3 Å². The van der Waals surface area contributed by atoms with Gasteiger partial charge in [0, 0.05) is 12.4 Å². The van der Waals surface area contributed by atoms with Crippen LogP contribution < -0.4 is 9.47 Å². The molecule has 154 valence electrons. The Labute approximate surface area is 178 Å². The maximum atomic E-state index is 12.4. The van der Waals surface area contributed by atoms with Crippen LogP contribution in [0.2, 0.25) is 0 Å². The predicted octanol–water partition coefficient (Wildman–Crippen LogP) is 3.46. The molecule has 0 atom stereocenters. The van der Waals surface area contributed by atoms with E-state index in [1.165, 1.54) is 7.11 Å². The van der Waals surface area contributed by atoms with Gasteiger partial charge in [-0.05, 0) is 47.5 Å². The molecule has 0 saturated heterocycles. The number of ether oxygens (including phenoxy) is 2. The Morgan fingerprint density at radius 1 is 0.903 bits per heavy atom. The number of benzene rings is 2. The molecule has 0 spiro atoms. The van der Waals surface area contributed by atoms with Gasteiger partial charge < -0.3 is 9.47 Å². The van der Waals surface area contributed by atoms with Gasteiger partial charge in [-0.25, -0.2) is 4.79 Å². The summed E-state index contributed by atoms with van der Waals surface area (Å²) in [5.41, 5.74) is 2.39. The second kappa shape index (κ2) is 8.62. The van der Waals surface area contributed by atoms with Crippen molar-refractivity contribution in [3.05, 3.63) is 89.2 Å². The third-order valence-corrected chi connectivity index (χ3v) is 4.75. The van der Waals surface area contributed by atoms with Crippen LogP contribution in [0, 0.1) is 0 Å². The van der Waals surface area contributed by atoms with E-state index in [1.807, 2.05) is 24.3 Å². The van der Waals surface area contributed by atoms with Gasteiger partial charge in [-0.1, -0.05) is 30.4 Å². The third kappa shape index (κ3) is 4.20. The topological polar surface area (TPSA) is 85.8 Å². The van der Waals surface area contributed by atoms with E-state index in [1.54, 1.807) is 54.9 Å². The Balaban J connectivity index is 1.45. The summed E-state index contributed by atoms with van der Waals surface area (Å²) < 4.78 is 10.7. The monoisotopic (exact) mass is 414 g/mol. The van der Waals surface area contributed by atoms with Gasteiger partial charge >= 0.3 is 5.97 Å². The maximum Gasteiger partial charge on any atom is 0.331 e. The van der Waals surface area contributed by atoms with Gasteiger partial charge in [0.2, 0.25) is 0 Å². The Hall–Kier alpha value is -4.26. The van der Waals surface area contributed by atoms with Gasteiger partial charge in [0.1, 0.15) is 6.54 Å². The molecule has 0 bridgehead atoms. The fourth-order valence-electron chi connectivity index (χ4n) is 3.21. The average molecular weight is 414 g/mol. The van der Waals surface area contributed by atoms with Crippen molar-refractivity contribution in [1.82, 2.24) is 9.88 Å². The molecule has 0 radical (unpaired) electrons. The number of pyridine rings is 1. The zero-order chi connectivity index (χ0) is 21.8. The maximum absolute atomic E-state index is 12.4. The first-order chi connectivity index (χ1) is 15.1. The highest BCUT2D eigenvalue weighted by Crippen LogP contribution is 2.29. The standard InChI is InChI=1S/C24H18N2O5/c1-30-21-14-17(7-6-16-10-12-25-13-11-16)8-9-20(21)31-22(27)15-26-23(28)18-4-2-3-5-19(18)24(26)29/h2-14H,15H2,1H3/b7-6+. The lowest BCUT2D eigenvalue weighted by atomic mass is 10.1. The lowest BCUT2D eigenvalue weighted by Crippen LogP contribution is -2.36. The van der Waals surface area contributed by atoms with Gasteiger partial charge in [-0.15, -0.1) is 0 Å². The molecule has 1 aromatic heterocycles. The SMILES string of the molecule is COc1cc(/C=C/c2ccncc2)ccc1OC(=O)CN1C(=O)c2ccccc2C1=O. The van der Waals surface area contributed by atoms with E-state index >= 15 is 0 Å². The lowest BCUT2D eigenvalue weighted by Gasteiger charge is -2.14. The summed E-state index contributed by atoms with van der Waals surface area (Å²) >= 11 is 0. The number of amides is 2. The minimum Gasteiger partial charge on any atom is -0.493 e. The van der Waals surface area contributed by atoms with Crippen molar-refractivity contribution >= 4 is 29.9 Å². The van der Waals surface area contributed by atoms with E-state index in [4.69, 9.17) is 9.47 Å². The molecule has 4 rings (SSSR count). The van der Waals surface area contributed by atoms with Crippen molar-refractivity contribution in [2.45, 2.75) is 0 Å². The van der Waals surface area contributed by atoms with Crippen LogP contribution in [0.5, 0.6) is 11.5 Å². The highest BCUT2D eigenvalue weighted by Gasteiger charge is 2.36.